The number of H-pyrrole nitrogens is 1. The molecule has 0 spiro atoms. The second-order valence-corrected chi connectivity index (χ2v) is 6.18. The zero-order valence-electron chi connectivity index (χ0n) is 13.6. The minimum atomic E-state index is -0.775. The maximum atomic E-state index is 13.7. The van der Waals surface area contributed by atoms with Crippen molar-refractivity contribution in [1.29, 1.82) is 0 Å². The Kier molecular flexibility index (Phi) is 5.06. The van der Waals surface area contributed by atoms with Crippen LogP contribution in [0.3, 0.4) is 0 Å². The number of epoxide rings is 1. The Hall–Kier alpha value is -2.38. The predicted molar refractivity (Wildman–Crippen MR) is 92.6 cm³/mol. The number of benzene rings is 2. The van der Waals surface area contributed by atoms with Crippen LogP contribution in [0.2, 0.25) is 0 Å². The van der Waals surface area contributed by atoms with Gasteiger partial charge in [0.05, 0.1) is 13.2 Å². The Morgan fingerprint density at radius 3 is 2.44 bits per heavy atom. The first-order chi connectivity index (χ1) is 12.0. The third-order valence-electron chi connectivity index (χ3n) is 3.89. The summed E-state index contributed by atoms with van der Waals surface area (Å²) >= 11 is 5.00. The molecule has 0 amide bonds. The molecule has 0 aliphatic carbocycles. The molecule has 1 fully saturated rings. The second kappa shape index (κ2) is 7.25. The average Bonchev–Trinajstić information content (AvgIpc) is 3.24. The number of rotatable bonds is 3. The van der Waals surface area contributed by atoms with E-state index in [9.17, 15) is 8.78 Å². The Balaban J connectivity index is 0.000000219. The van der Waals surface area contributed by atoms with E-state index in [-0.39, 0.29) is 0 Å². The van der Waals surface area contributed by atoms with Gasteiger partial charge in [0.1, 0.15) is 23.6 Å². The van der Waals surface area contributed by atoms with E-state index < -0.39 is 17.2 Å². The van der Waals surface area contributed by atoms with Crippen LogP contribution in [0.25, 0.3) is 0 Å². The summed E-state index contributed by atoms with van der Waals surface area (Å²) < 4.78 is 33.9. The molecule has 0 unspecified atom stereocenters. The van der Waals surface area contributed by atoms with Crippen molar-refractivity contribution < 1.29 is 13.5 Å². The third kappa shape index (κ3) is 4.18. The first-order valence-corrected chi connectivity index (χ1v) is 8.12. The van der Waals surface area contributed by atoms with Gasteiger partial charge in [0.2, 0.25) is 4.77 Å². The minimum absolute atomic E-state index is 0.328. The van der Waals surface area contributed by atoms with Crippen LogP contribution in [0, 0.1) is 23.3 Å². The van der Waals surface area contributed by atoms with Crippen LogP contribution in [0.5, 0.6) is 0 Å². The molecule has 1 atom stereocenters. The number of ether oxygens (including phenoxy) is 1. The molecule has 130 valence electrons. The SMILES string of the molecule is Cc1ccccc1.Fc1ccc([C@]2(Cn3[nH]cnc3=S)CO2)c(F)c1. The summed E-state index contributed by atoms with van der Waals surface area (Å²) in [5.74, 6) is -1.22. The van der Waals surface area contributed by atoms with E-state index in [0.717, 1.165) is 6.07 Å². The number of aryl methyl sites for hydroxylation is 1. The largest absolute Gasteiger partial charge is 0.362 e. The lowest BCUT2D eigenvalue weighted by Gasteiger charge is -2.13. The first-order valence-electron chi connectivity index (χ1n) is 7.71. The smallest absolute Gasteiger partial charge is 0.215 e. The third-order valence-corrected chi connectivity index (χ3v) is 4.21. The van der Waals surface area contributed by atoms with Crippen molar-refractivity contribution in [3.05, 3.63) is 82.4 Å². The van der Waals surface area contributed by atoms with Gasteiger partial charge in [-0.2, -0.15) is 0 Å². The van der Waals surface area contributed by atoms with E-state index in [0.29, 0.717) is 23.5 Å². The van der Waals surface area contributed by atoms with Gasteiger partial charge in [-0.3, -0.25) is 9.78 Å². The van der Waals surface area contributed by atoms with Gasteiger partial charge in [-0.25, -0.2) is 13.8 Å². The fraction of sp³-hybridized carbons (Fsp3) is 0.222. The van der Waals surface area contributed by atoms with E-state index in [1.54, 1.807) is 4.68 Å². The number of nitrogens with one attached hydrogen (secondary N) is 1. The van der Waals surface area contributed by atoms with E-state index in [1.165, 1.54) is 24.0 Å². The van der Waals surface area contributed by atoms with Crippen molar-refractivity contribution in [2.24, 2.45) is 0 Å². The highest BCUT2D eigenvalue weighted by Gasteiger charge is 2.49. The van der Waals surface area contributed by atoms with Crippen LogP contribution >= 0.6 is 12.2 Å². The molecule has 25 heavy (non-hydrogen) atoms. The molecule has 0 radical (unpaired) electrons. The molecular weight excluding hydrogens is 344 g/mol. The molecule has 1 N–H and O–H groups in total. The molecule has 7 heteroatoms. The summed E-state index contributed by atoms with van der Waals surface area (Å²) in [4.78, 5) is 3.87. The summed E-state index contributed by atoms with van der Waals surface area (Å²) in [6.45, 7) is 2.78. The van der Waals surface area contributed by atoms with Crippen molar-refractivity contribution in [1.82, 2.24) is 14.8 Å². The zero-order valence-corrected chi connectivity index (χ0v) is 14.4. The van der Waals surface area contributed by atoms with E-state index in [4.69, 9.17) is 17.0 Å². The Morgan fingerprint density at radius 2 is 1.96 bits per heavy atom. The Morgan fingerprint density at radius 1 is 1.24 bits per heavy atom. The van der Waals surface area contributed by atoms with Gasteiger partial charge in [0.25, 0.3) is 0 Å². The fourth-order valence-corrected chi connectivity index (χ4v) is 2.63. The first kappa shape index (κ1) is 17.4. The van der Waals surface area contributed by atoms with Crippen LogP contribution < -0.4 is 0 Å². The van der Waals surface area contributed by atoms with E-state index >= 15 is 0 Å². The molecule has 1 saturated heterocycles. The van der Waals surface area contributed by atoms with Crippen LogP contribution in [0.1, 0.15) is 11.1 Å². The molecule has 3 aromatic rings. The van der Waals surface area contributed by atoms with Gasteiger partial charge in [-0.15, -0.1) is 0 Å². The van der Waals surface area contributed by atoms with Crippen molar-refractivity contribution in [3.63, 3.8) is 0 Å². The zero-order chi connectivity index (χ0) is 17.9. The highest BCUT2D eigenvalue weighted by Crippen LogP contribution is 2.41. The van der Waals surface area contributed by atoms with Crippen LogP contribution in [-0.4, -0.2) is 21.4 Å². The summed E-state index contributed by atoms with van der Waals surface area (Å²) in [6, 6.07) is 13.7. The maximum Gasteiger partial charge on any atom is 0.215 e. The summed E-state index contributed by atoms with van der Waals surface area (Å²) in [6.07, 6.45) is 1.46. The number of aromatic amines is 1. The summed E-state index contributed by atoms with van der Waals surface area (Å²) in [5, 5.41) is 2.83. The minimum Gasteiger partial charge on any atom is -0.362 e. The molecule has 0 saturated carbocycles. The molecule has 2 aromatic carbocycles. The number of nitrogens with zero attached hydrogens (tertiary/aromatic N) is 2. The number of halogens is 2. The van der Waals surface area contributed by atoms with Gasteiger partial charge in [0.15, 0.2) is 0 Å². The Labute approximate surface area is 149 Å². The van der Waals surface area contributed by atoms with Gasteiger partial charge in [0, 0.05) is 11.6 Å². The monoisotopic (exact) mass is 361 g/mol. The number of hydrogen-bond donors (Lipinski definition) is 1. The maximum absolute atomic E-state index is 13.7. The lowest BCUT2D eigenvalue weighted by atomic mass is 9.99. The van der Waals surface area contributed by atoms with Crippen LogP contribution in [0.15, 0.2) is 54.9 Å². The van der Waals surface area contributed by atoms with Crippen molar-refractivity contribution in [3.8, 4) is 0 Å². The summed E-state index contributed by atoms with van der Waals surface area (Å²) in [7, 11) is 0. The molecule has 0 bridgehead atoms. The molecule has 4 rings (SSSR count). The molecule has 2 heterocycles. The predicted octanol–water partition coefficient (Wildman–Crippen LogP) is 4.14. The standard InChI is InChI=1S/C11H9F2N3OS.C7H8/c12-7-1-2-8(9(13)3-7)11(5-17-11)4-16-10(18)14-6-15-16;1-7-5-3-2-4-6-7/h1-3,6H,4-5H2,(H,14,15,18);2-6H,1H3/t11-;/m0./s1. The average molecular weight is 361 g/mol. The topological polar surface area (TPSA) is 46.1 Å². The van der Waals surface area contributed by atoms with Crippen LogP contribution in [0.4, 0.5) is 8.78 Å². The second-order valence-electron chi connectivity index (χ2n) is 5.82. The molecular formula is C18H17F2N3OS. The Bertz CT molecular complexity index is 904. The van der Waals surface area contributed by atoms with Gasteiger partial charge in [-0.05, 0) is 25.2 Å². The van der Waals surface area contributed by atoms with Crippen molar-refractivity contribution in [2.75, 3.05) is 6.61 Å². The van der Waals surface area contributed by atoms with Gasteiger partial charge < -0.3 is 4.74 Å². The summed E-state index contributed by atoms with van der Waals surface area (Å²) in [5.41, 5.74) is 0.880. The van der Waals surface area contributed by atoms with Crippen LogP contribution in [-0.2, 0) is 16.9 Å². The molecule has 4 nitrogen and oxygen atoms in total. The molecule has 1 aliphatic heterocycles. The van der Waals surface area contributed by atoms with Gasteiger partial charge >= 0.3 is 0 Å². The van der Waals surface area contributed by atoms with Crippen molar-refractivity contribution in [2.45, 2.75) is 19.1 Å². The highest BCUT2D eigenvalue weighted by molar-refractivity contribution is 7.71. The van der Waals surface area contributed by atoms with Crippen molar-refractivity contribution >= 4 is 12.2 Å². The number of hydrogen-bond acceptors (Lipinski definition) is 3. The van der Waals surface area contributed by atoms with E-state index in [1.807, 2.05) is 18.2 Å². The fourth-order valence-electron chi connectivity index (χ4n) is 2.46. The molecule has 1 aliphatic rings. The highest BCUT2D eigenvalue weighted by atomic mass is 32.1. The normalized spacial score (nSPS) is 18.4. The molecule has 1 aromatic heterocycles. The lowest BCUT2D eigenvalue weighted by molar-refractivity contribution is 0.261. The number of aromatic nitrogens is 3. The lowest BCUT2D eigenvalue weighted by Crippen LogP contribution is -2.20. The van der Waals surface area contributed by atoms with E-state index in [2.05, 4.69) is 29.1 Å². The quantitative estimate of drug-likeness (QED) is 0.563. The van der Waals surface area contributed by atoms with Gasteiger partial charge in [-0.1, -0.05) is 42.0 Å².